The van der Waals surface area contributed by atoms with Crippen LogP contribution in [0.2, 0.25) is 10.0 Å². The summed E-state index contributed by atoms with van der Waals surface area (Å²) >= 11 is 13.2. The van der Waals surface area contributed by atoms with E-state index in [0.717, 1.165) is 5.56 Å². The Bertz CT molecular complexity index is 674. The molecule has 4 nitrogen and oxygen atoms in total. The molecule has 0 radical (unpaired) electrons. The average molecular weight is 357 g/mol. The number of hydrogen-bond acceptors (Lipinski definition) is 3. The van der Waals surface area contributed by atoms with Crippen molar-refractivity contribution in [1.82, 2.24) is 4.90 Å². The molecule has 2 rings (SSSR count). The topological polar surface area (TPSA) is 49.4 Å². The summed E-state index contributed by atoms with van der Waals surface area (Å²) < 4.78 is 0. The lowest BCUT2D eigenvalue weighted by atomic mass is 10.2. The first-order valence-electron chi connectivity index (χ1n) is 6.45. The van der Waals surface area contributed by atoms with E-state index < -0.39 is 0 Å². The van der Waals surface area contributed by atoms with Crippen molar-refractivity contribution >= 4 is 52.0 Å². The molecule has 0 aliphatic heterocycles. The molecule has 2 amide bonds. The maximum absolute atomic E-state index is 12.0. The van der Waals surface area contributed by atoms with Gasteiger partial charge in [-0.2, -0.15) is 11.3 Å². The van der Waals surface area contributed by atoms with Crippen molar-refractivity contribution in [3.05, 3.63) is 50.6 Å². The van der Waals surface area contributed by atoms with Gasteiger partial charge < -0.3 is 10.2 Å². The van der Waals surface area contributed by atoms with Crippen molar-refractivity contribution in [2.24, 2.45) is 0 Å². The maximum atomic E-state index is 12.0. The number of anilines is 1. The third-order valence-corrected chi connectivity index (χ3v) is 4.42. The minimum Gasteiger partial charge on any atom is -0.336 e. The molecular formula is C15H14Cl2N2O2S. The molecule has 1 heterocycles. The Morgan fingerprint density at radius 1 is 1.23 bits per heavy atom. The summed E-state index contributed by atoms with van der Waals surface area (Å²) in [5, 5.41) is 7.30. The average Bonchev–Trinajstić information content (AvgIpc) is 2.95. The van der Waals surface area contributed by atoms with Crippen molar-refractivity contribution in [1.29, 1.82) is 0 Å². The van der Waals surface area contributed by atoms with Crippen LogP contribution in [0.25, 0.3) is 0 Å². The summed E-state index contributed by atoms with van der Waals surface area (Å²) in [6, 6.07) is 6.71. The van der Waals surface area contributed by atoms with Crippen LogP contribution in [0.3, 0.4) is 0 Å². The molecule has 0 aliphatic rings. The third kappa shape index (κ3) is 4.73. The number of hydrogen-bond donors (Lipinski definition) is 1. The van der Waals surface area contributed by atoms with Crippen LogP contribution in [-0.2, 0) is 16.0 Å². The van der Waals surface area contributed by atoms with Gasteiger partial charge in [-0.25, -0.2) is 0 Å². The molecule has 1 N–H and O–H groups in total. The van der Waals surface area contributed by atoms with Crippen LogP contribution in [0, 0.1) is 0 Å². The number of benzene rings is 1. The van der Waals surface area contributed by atoms with Crippen molar-refractivity contribution < 1.29 is 9.59 Å². The third-order valence-electron chi connectivity index (χ3n) is 2.95. The van der Waals surface area contributed by atoms with Gasteiger partial charge in [-0.3, -0.25) is 9.59 Å². The van der Waals surface area contributed by atoms with Gasteiger partial charge in [0.1, 0.15) is 0 Å². The first kappa shape index (κ1) is 16.8. The molecule has 7 heteroatoms. The van der Waals surface area contributed by atoms with E-state index >= 15 is 0 Å². The van der Waals surface area contributed by atoms with Gasteiger partial charge in [0, 0.05) is 12.7 Å². The second-order valence-electron chi connectivity index (χ2n) is 4.74. The van der Waals surface area contributed by atoms with E-state index in [0.29, 0.717) is 22.2 Å². The van der Waals surface area contributed by atoms with E-state index in [4.69, 9.17) is 23.2 Å². The van der Waals surface area contributed by atoms with Crippen LogP contribution in [0.1, 0.15) is 5.56 Å². The number of thiophene rings is 1. The molecule has 0 fully saturated rings. The summed E-state index contributed by atoms with van der Waals surface area (Å²) in [7, 11) is 1.60. The molecule has 0 bridgehead atoms. The summed E-state index contributed by atoms with van der Waals surface area (Å²) in [5.41, 5.74) is 1.49. The fraction of sp³-hybridized carbons (Fsp3) is 0.200. The lowest BCUT2D eigenvalue weighted by molar-refractivity contribution is -0.132. The van der Waals surface area contributed by atoms with Gasteiger partial charge in [-0.1, -0.05) is 23.2 Å². The minimum absolute atomic E-state index is 0.0246. The van der Waals surface area contributed by atoms with Gasteiger partial charge >= 0.3 is 0 Å². The van der Waals surface area contributed by atoms with Crippen LogP contribution in [0.5, 0.6) is 0 Å². The Balaban J connectivity index is 1.87. The van der Waals surface area contributed by atoms with Crippen LogP contribution in [0.4, 0.5) is 5.69 Å². The number of amides is 2. The van der Waals surface area contributed by atoms with Crippen LogP contribution >= 0.6 is 34.5 Å². The predicted octanol–water partition coefficient (Wildman–Crippen LogP) is 3.69. The van der Waals surface area contributed by atoms with Gasteiger partial charge in [-0.15, -0.1) is 0 Å². The molecule has 0 atom stereocenters. The first-order valence-corrected chi connectivity index (χ1v) is 8.15. The molecule has 1 aromatic carbocycles. The van der Waals surface area contributed by atoms with Crippen molar-refractivity contribution in [2.45, 2.75) is 6.42 Å². The number of carbonyl (C=O) groups excluding carboxylic acids is 2. The van der Waals surface area contributed by atoms with Gasteiger partial charge in [0.25, 0.3) is 0 Å². The Hall–Kier alpha value is -1.56. The molecule has 0 saturated heterocycles. The summed E-state index contributed by atoms with van der Waals surface area (Å²) in [6.45, 7) is -0.0246. The number of carbonyl (C=O) groups is 2. The Kier molecular flexibility index (Phi) is 5.83. The van der Waals surface area contributed by atoms with E-state index in [1.54, 1.807) is 25.2 Å². The van der Waals surface area contributed by atoms with Crippen molar-refractivity contribution in [2.75, 3.05) is 18.9 Å². The minimum atomic E-state index is -0.292. The quantitative estimate of drug-likeness (QED) is 0.887. The fourth-order valence-electron chi connectivity index (χ4n) is 1.78. The molecule has 1 aromatic heterocycles. The number of likely N-dealkylation sites (N-methyl/N-ethyl adjacent to an activating group) is 1. The number of halogens is 2. The first-order chi connectivity index (χ1) is 10.5. The molecular weight excluding hydrogens is 343 g/mol. The summed E-state index contributed by atoms with van der Waals surface area (Å²) in [5.74, 6) is -0.401. The molecule has 0 saturated carbocycles. The van der Waals surface area contributed by atoms with Crippen LogP contribution < -0.4 is 5.32 Å². The normalized spacial score (nSPS) is 10.3. The zero-order valence-electron chi connectivity index (χ0n) is 11.8. The van der Waals surface area contributed by atoms with E-state index in [9.17, 15) is 9.59 Å². The van der Waals surface area contributed by atoms with Gasteiger partial charge in [0.05, 0.1) is 23.0 Å². The zero-order chi connectivity index (χ0) is 16.1. The highest BCUT2D eigenvalue weighted by Crippen LogP contribution is 2.24. The van der Waals surface area contributed by atoms with E-state index in [2.05, 4.69) is 5.32 Å². The summed E-state index contributed by atoms with van der Waals surface area (Å²) in [6.07, 6.45) is 0.292. The standard InChI is InChI=1S/C15H14Cl2N2O2S/c1-19(15(21)6-10-4-5-22-9-10)8-14(20)18-11-2-3-12(16)13(17)7-11/h2-5,7,9H,6,8H2,1H3,(H,18,20). The highest BCUT2D eigenvalue weighted by Gasteiger charge is 2.14. The van der Waals surface area contributed by atoms with Gasteiger partial charge in [0.2, 0.25) is 11.8 Å². The molecule has 0 spiro atoms. The number of rotatable bonds is 5. The number of nitrogens with one attached hydrogen (secondary N) is 1. The number of nitrogens with zero attached hydrogens (tertiary/aromatic N) is 1. The van der Waals surface area contributed by atoms with E-state index in [1.165, 1.54) is 16.2 Å². The molecule has 116 valence electrons. The largest absolute Gasteiger partial charge is 0.336 e. The fourth-order valence-corrected chi connectivity index (χ4v) is 2.75. The van der Waals surface area contributed by atoms with Gasteiger partial charge in [0.15, 0.2) is 0 Å². The van der Waals surface area contributed by atoms with Gasteiger partial charge in [-0.05, 0) is 40.6 Å². The second kappa shape index (κ2) is 7.63. The maximum Gasteiger partial charge on any atom is 0.243 e. The molecule has 0 unspecified atom stereocenters. The SMILES string of the molecule is CN(CC(=O)Nc1ccc(Cl)c(Cl)c1)C(=O)Cc1ccsc1. The summed E-state index contributed by atoms with van der Waals surface area (Å²) in [4.78, 5) is 25.3. The highest BCUT2D eigenvalue weighted by molar-refractivity contribution is 7.08. The molecule has 22 heavy (non-hydrogen) atoms. The van der Waals surface area contributed by atoms with Crippen molar-refractivity contribution in [3.8, 4) is 0 Å². The van der Waals surface area contributed by atoms with Crippen molar-refractivity contribution in [3.63, 3.8) is 0 Å². The Labute approximate surface area is 142 Å². The predicted molar refractivity (Wildman–Crippen MR) is 90.8 cm³/mol. The smallest absolute Gasteiger partial charge is 0.243 e. The Morgan fingerprint density at radius 3 is 2.64 bits per heavy atom. The molecule has 0 aliphatic carbocycles. The highest BCUT2D eigenvalue weighted by atomic mass is 35.5. The Morgan fingerprint density at radius 2 is 2.00 bits per heavy atom. The lowest BCUT2D eigenvalue weighted by Crippen LogP contribution is -2.35. The monoisotopic (exact) mass is 356 g/mol. The molecule has 2 aromatic rings. The van der Waals surface area contributed by atoms with Crippen LogP contribution in [0.15, 0.2) is 35.0 Å². The van der Waals surface area contributed by atoms with E-state index in [-0.39, 0.29) is 18.4 Å². The van der Waals surface area contributed by atoms with E-state index in [1.807, 2.05) is 16.8 Å². The zero-order valence-corrected chi connectivity index (χ0v) is 14.1. The lowest BCUT2D eigenvalue weighted by Gasteiger charge is -2.16. The van der Waals surface area contributed by atoms with Crippen LogP contribution in [-0.4, -0.2) is 30.3 Å². The second-order valence-corrected chi connectivity index (χ2v) is 6.33.